The van der Waals surface area contributed by atoms with Gasteiger partial charge in [-0.15, -0.1) is 0 Å². The Bertz CT molecular complexity index is 1110. The molecule has 0 radical (unpaired) electrons. The van der Waals surface area contributed by atoms with Gasteiger partial charge in [0.1, 0.15) is 0 Å². The number of rotatable bonds is 24. The predicted molar refractivity (Wildman–Crippen MR) is 271 cm³/mol. The molecule has 20 nitrogen and oxygen atoms in total. The Balaban J connectivity index is 0.000000453. The van der Waals surface area contributed by atoms with Crippen LogP contribution in [0.1, 0.15) is 81.1 Å². The molecule has 4 rings (SSSR count). The summed E-state index contributed by atoms with van der Waals surface area (Å²) in [4.78, 5) is 56.0. The van der Waals surface area contributed by atoms with Crippen molar-refractivity contribution in [3.8, 4) is 0 Å². The lowest BCUT2D eigenvalue weighted by molar-refractivity contribution is -0.124. The van der Waals surface area contributed by atoms with E-state index in [-0.39, 0.29) is 71.5 Å². The maximum absolute atomic E-state index is 11.7. The third-order valence-electron chi connectivity index (χ3n) is 13.6. The van der Waals surface area contributed by atoms with Crippen LogP contribution in [0.2, 0.25) is 0 Å². The third kappa shape index (κ3) is 28.3. The zero-order valence-corrected chi connectivity index (χ0v) is 43.8. The van der Waals surface area contributed by atoms with E-state index in [1.807, 2.05) is 55.4 Å². The van der Waals surface area contributed by atoms with Crippen LogP contribution >= 0.6 is 0 Å². The Morgan fingerprint density at radius 1 is 0.368 bits per heavy atom. The Kier molecular flexibility index (Phi) is 36.4. The van der Waals surface area contributed by atoms with Crippen LogP contribution < -0.4 is 44.2 Å². The second kappa shape index (κ2) is 39.1. The zero-order valence-electron chi connectivity index (χ0n) is 43.8. The monoisotopic (exact) mass is 973 g/mol. The fourth-order valence-corrected chi connectivity index (χ4v) is 7.17. The maximum atomic E-state index is 11.7. The second-order valence-electron chi connectivity index (χ2n) is 18.6. The number of carbonyl (C=O) groups excluding carboxylic acids is 4. The molecule has 0 bridgehead atoms. The first-order valence-corrected chi connectivity index (χ1v) is 25.9. The van der Waals surface area contributed by atoms with Crippen LogP contribution in [0.15, 0.2) is 0 Å². The Labute approximate surface area is 411 Å². The van der Waals surface area contributed by atoms with E-state index in [2.05, 4.69) is 40.9 Å². The van der Waals surface area contributed by atoms with Crippen molar-refractivity contribution < 1.29 is 38.1 Å². The standard InChI is InChI=1S/4C12H25N3O2/c4*1-3-10(2)11(13)12(16)14-4-5-15-6-8-17-9-7-15/h4*10-11H,3-9,13H2,1-2H3,(H,14,16)/t2*10-,11+;2*10-,11-/m1010/s1. The van der Waals surface area contributed by atoms with Crippen molar-refractivity contribution in [1.82, 2.24) is 40.9 Å². The third-order valence-corrected chi connectivity index (χ3v) is 13.6. The molecule has 12 N–H and O–H groups in total. The van der Waals surface area contributed by atoms with Crippen molar-refractivity contribution in [3.63, 3.8) is 0 Å². The number of carbonyl (C=O) groups is 4. The lowest BCUT2D eigenvalue weighted by Gasteiger charge is -2.27. The number of morpholine rings is 4. The molecule has 0 aromatic heterocycles. The topological polar surface area (TPSA) is 270 Å². The van der Waals surface area contributed by atoms with Gasteiger partial charge >= 0.3 is 0 Å². The molecular formula is C48H100N12O8. The maximum Gasteiger partial charge on any atom is 0.237 e. The van der Waals surface area contributed by atoms with Gasteiger partial charge in [-0.1, -0.05) is 81.1 Å². The van der Waals surface area contributed by atoms with Crippen molar-refractivity contribution in [3.05, 3.63) is 0 Å². The Hall–Kier alpha value is -2.60. The summed E-state index contributed by atoms with van der Waals surface area (Å²) in [7, 11) is 0. The molecule has 0 spiro atoms. The molecule has 400 valence electrons. The number of nitrogens with one attached hydrogen (secondary N) is 4. The van der Waals surface area contributed by atoms with E-state index < -0.39 is 0 Å². The number of nitrogens with zero attached hydrogens (tertiary/aromatic N) is 4. The van der Waals surface area contributed by atoms with Crippen LogP contribution in [0.4, 0.5) is 0 Å². The first-order valence-electron chi connectivity index (χ1n) is 25.9. The fourth-order valence-electron chi connectivity index (χ4n) is 7.17. The summed E-state index contributed by atoms with van der Waals surface area (Å²) >= 11 is 0. The van der Waals surface area contributed by atoms with E-state index in [1.165, 1.54) is 0 Å². The largest absolute Gasteiger partial charge is 0.379 e. The van der Waals surface area contributed by atoms with Gasteiger partial charge in [0.15, 0.2) is 0 Å². The highest BCUT2D eigenvalue weighted by molar-refractivity contribution is 5.83. The van der Waals surface area contributed by atoms with Gasteiger partial charge in [-0.2, -0.15) is 0 Å². The van der Waals surface area contributed by atoms with E-state index in [1.54, 1.807) is 0 Å². The van der Waals surface area contributed by atoms with Crippen LogP contribution in [-0.4, -0.2) is 225 Å². The number of ether oxygens (including phenoxy) is 4. The van der Waals surface area contributed by atoms with Crippen molar-refractivity contribution in [2.45, 2.75) is 105 Å². The molecule has 20 heteroatoms. The number of hydrogen-bond acceptors (Lipinski definition) is 16. The summed E-state index contributed by atoms with van der Waals surface area (Å²) in [5.41, 5.74) is 23.4. The predicted octanol–water partition coefficient (Wildman–Crippen LogP) is -0.767. The molecule has 68 heavy (non-hydrogen) atoms. The summed E-state index contributed by atoms with van der Waals surface area (Å²) in [5, 5.41) is 11.6. The van der Waals surface area contributed by atoms with E-state index in [0.717, 1.165) is 157 Å². The molecule has 0 aliphatic carbocycles. The van der Waals surface area contributed by atoms with Crippen molar-refractivity contribution >= 4 is 23.6 Å². The molecule has 4 heterocycles. The first kappa shape index (κ1) is 63.4. The SMILES string of the molecule is CC[C@@H](C)[C@@H](N)C(=O)NCCN1CCOCC1.CC[C@@H](C)[C@H](N)C(=O)NCCN1CCOCC1.CC[C@H](C)[C@@H](N)C(=O)NCCN1CCOCC1.CC[C@H](C)[C@H](N)C(=O)NCCN1CCOCC1. The van der Waals surface area contributed by atoms with Crippen LogP contribution in [-0.2, 0) is 38.1 Å². The molecule has 4 saturated heterocycles. The van der Waals surface area contributed by atoms with Gasteiger partial charge in [-0.05, 0) is 23.7 Å². The summed E-state index contributed by atoms with van der Waals surface area (Å²) in [6, 6.07) is -1.54. The highest BCUT2D eigenvalue weighted by atomic mass is 16.5. The average molecular weight is 973 g/mol. The number of amides is 4. The van der Waals surface area contributed by atoms with Gasteiger partial charge in [0.25, 0.3) is 0 Å². The van der Waals surface area contributed by atoms with Crippen molar-refractivity contribution in [1.29, 1.82) is 0 Å². The van der Waals surface area contributed by atoms with E-state index in [0.29, 0.717) is 26.2 Å². The normalized spacial score (nSPS) is 20.9. The molecule has 0 aromatic rings. The molecule has 8 atom stereocenters. The summed E-state index contributed by atoms with van der Waals surface area (Å²) in [6.45, 7) is 36.4. The van der Waals surface area contributed by atoms with Gasteiger partial charge < -0.3 is 63.1 Å². The minimum Gasteiger partial charge on any atom is -0.379 e. The van der Waals surface area contributed by atoms with Gasteiger partial charge in [0, 0.05) is 105 Å². The molecule has 0 unspecified atom stereocenters. The van der Waals surface area contributed by atoms with Crippen LogP contribution in [0.3, 0.4) is 0 Å². The van der Waals surface area contributed by atoms with Crippen LogP contribution in [0, 0.1) is 23.7 Å². The van der Waals surface area contributed by atoms with Crippen molar-refractivity contribution in [2.24, 2.45) is 46.6 Å². The molecule has 4 aliphatic heterocycles. The zero-order chi connectivity index (χ0) is 50.7. The summed E-state index contributed by atoms with van der Waals surface area (Å²) in [5.74, 6) is 0.800. The number of nitrogens with two attached hydrogens (primary N) is 4. The quantitative estimate of drug-likeness (QED) is 0.0591. The molecule has 4 aliphatic rings. The smallest absolute Gasteiger partial charge is 0.237 e. The highest BCUT2D eigenvalue weighted by Crippen LogP contribution is 2.08. The fraction of sp³-hybridized carbons (Fsp3) is 0.917. The Morgan fingerprint density at radius 3 is 0.676 bits per heavy atom. The first-order chi connectivity index (χ1) is 32.6. The van der Waals surface area contributed by atoms with Crippen molar-refractivity contribution in [2.75, 3.05) is 158 Å². The highest BCUT2D eigenvalue weighted by Gasteiger charge is 2.23. The molecule has 4 amide bonds. The lowest BCUT2D eigenvalue weighted by atomic mass is 9.99. The summed E-state index contributed by atoms with van der Waals surface area (Å²) in [6.07, 6.45) is 3.71. The van der Waals surface area contributed by atoms with Gasteiger partial charge in [0.2, 0.25) is 23.6 Å². The minimum absolute atomic E-state index is 0.0346. The van der Waals surface area contributed by atoms with E-state index >= 15 is 0 Å². The molecule has 0 saturated carbocycles. The van der Waals surface area contributed by atoms with Gasteiger partial charge in [-0.3, -0.25) is 38.8 Å². The molecule has 4 fully saturated rings. The number of hydrogen-bond donors (Lipinski definition) is 8. The van der Waals surface area contributed by atoms with Gasteiger partial charge in [-0.25, -0.2) is 0 Å². The molecular weight excluding hydrogens is 873 g/mol. The van der Waals surface area contributed by atoms with Crippen LogP contribution in [0.5, 0.6) is 0 Å². The lowest BCUT2D eigenvalue weighted by Crippen LogP contribution is -2.47. The molecule has 0 aromatic carbocycles. The minimum atomic E-state index is -0.385. The van der Waals surface area contributed by atoms with Crippen LogP contribution in [0.25, 0.3) is 0 Å². The van der Waals surface area contributed by atoms with Gasteiger partial charge in [0.05, 0.1) is 77.0 Å². The van der Waals surface area contributed by atoms with E-state index in [9.17, 15) is 19.2 Å². The Morgan fingerprint density at radius 2 is 0.529 bits per heavy atom. The van der Waals surface area contributed by atoms with E-state index in [4.69, 9.17) is 41.9 Å². The second-order valence-corrected chi connectivity index (χ2v) is 18.6. The average Bonchev–Trinajstić information content (AvgIpc) is 3.38. The summed E-state index contributed by atoms with van der Waals surface area (Å²) < 4.78 is 21.0.